The van der Waals surface area contributed by atoms with Gasteiger partial charge in [0.1, 0.15) is 7.28 Å². The molecule has 0 aliphatic rings. The van der Waals surface area contributed by atoms with Crippen molar-refractivity contribution >= 4 is 26.1 Å². The maximum atomic E-state index is 4.68. The molecule has 0 atom stereocenters. The van der Waals surface area contributed by atoms with Crippen molar-refractivity contribution in [2.45, 2.75) is 26.9 Å². The maximum Gasteiger partial charge on any atom is 0.154 e. The number of hydrogen-bond acceptors (Lipinski definition) is 2. The third-order valence-corrected chi connectivity index (χ3v) is 0.664. The fourth-order valence-electron chi connectivity index (χ4n) is 0.0962. The summed E-state index contributed by atoms with van der Waals surface area (Å²) in [6.45, 7) is 6.08. The largest absolute Gasteiger partial charge is 0.356 e. The van der Waals surface area contributed by atoms with Gasteiger partial charge in [-0.1, -0.05) is 13.6 Å². The summed E-state index contributed by atoms with van der Waals surface area (Å²) < 4.78 is 9.35. The van der Waals surface area contributed by atoms with Gasteiger partial charge in [-0.2, -0.15) is 0 Å². The smallest absolute Gasteiger partial charge is 0.154 e. The van der Waals surface area contributed by atoms with E-state index < -0.39 is 0 Å². The first-order valence-electron chi connectivity index (χ1n) is 3.28. The first kappa shape index (κ1) is 16.9. The van der Waals surface area contributed by atoms with Gasteiger partial charge in [0.15, 0.2) is 6.29 Å². The van der Waals surface area contributed by atoms with Crippen molar-refractivity contribution in [2.75, 3.05) is 14.2 Å². The molecule has 0 amide bonds. The maximum absolute atomic E-state index is 4.68. The molecule has 0 aromatic rings. The Bertz CT molecular complexity index is 42.7. The number of ether oxygens (including phenoxy) is 2. The minimum Gasteiger partial charge on any atom is -0.356 e. The van der Waals surface area contributed by atoms with Gasteiger partial charge in [-0.25, -0.2) is 0 Å². The van der Waals surface area contributed by atoms with E-state index >= 15 is 0 Å². The minimum atomic E-state index is -0.0648. The monoisotopic (exact) mass is 139 g/mol. The van der Waals surface area contributed by atoms with Crippen LogP contribution in [0, 0.1) is 0 Å². The Balaban J connectivity index is -0.000000107. The van der Waals surface area contributed by atoms with E-state index in [0.717, 1.165) is 0 Å². The van der Waals surface area contributed by atoms with E-state index in [1.54, 1.807) is 14.2 Å². The molecule has 0 bridgehead atoms. The molecule has 0 aliphatic carbocycles. The Kier molecular flexibility index (Phi) is 27.5. The van der Waals surface area contributed by atoms with Gasteiger partial charge in [-0.3, -0.25) is 0 Å². The standard InChI is InChI=1S/C4H10O2.C2H7B.Li/c1-4(5-2)6-3;1-3-2;/h4H,1-3H3;3H,1-2H3;. The molecule has 10 heavy (non-hydrogen) atoms. The Labute approximate surface area is 77.1 Å². The predicted molar refractivity (Wildman–Crippen MR) is 48.1 cm³/mol. The van der Waals surface area contributed by atoms with Gasteiger partial charge in [0, 0.05) is 33.1 Å². The van der Waals surface area contributed by atoms with E-state index in [0.29, 0.717) is 0 Å². The van der Waals surface area contributed by atoms with Crippen molar-refractivity contribution < 1.29 is 9.47 Å². The van der Waals surface area contributed by atoms with E-state index in [1.165, 1.54) is 7.28 Å². The van der Waals surface area contributed by atoms with Gasteiger partial charge in [0.25, 0.3) is 0 Å². The van der Waals surface area contributed by atoms with Crippen molar-refractivity contribution in [3.05, 3.63) is 0 Å². The van der Waals surface area contributed by atoms with Crippen LogP contribution in [-0.2, 0) is 9.47 Å². The fraction of sp³-hybridized carbons (Fsp3) is 1.00. The quantitative estimate of drug-likeness (QED) is 0.415. The SMILES string of the molecule is CBC.COC(C)OC.[Li]. The van der Waals surface area contributed by atoms with Gasteiger partial charge < -0.3 is 9.47 Å². The molecule has 0 spiro atoms. The molecule has 4 heteroatoms. The average molecular weight is 139 g/mol. The normalized spacial score (nSPS) is 7.40. The van der Waals surface area contributed by atoms with E-state index in [9.17, 15) is 0 Å². The predicted octanol–water partition coefficient (Wildman–Crippen LogP) is 0.763. The van der Waals surface area contributed by atoms with E-state index in [-0.39, 0.29) is 25.2 Å². The van der Waals surface area contributed by atoms with Crippen LogP contribution in [0.4, 0.5) is 0 Å². The van der Waals surface area contributed by atoms with Gasteiger partial charge in [-0.05, 0) is 6.92 Å². The van der Waals surface area contributed by atoms with Crippen LogP contribution in [0.25, 0.3) is 0 Å². The second-order valence-electron chi connectivity index (χ2n) is 1.75. The number of hydrogen-bond donors (Lipinski definition) is 0. The molecule has 0 N–H and O–H groups in total. The summed E-state index contributed by atoms with van der Waals surface area (Å²) in [6.07, 6.45) is -0.0648. The summed E-state index contributed by atoms with van der Waals surface area (Å²) >= 11 is 0. The molecule has 0 rings (SSSR count). The Morgan fingerprint density at radius 2 is 1.30 bits per heavy atom. The summed E-state index contributed by atoms with van der Waals surface area (Å²) in [5.41, 5.74) is 0. The summed E-state index contributed by atoms with van der Waals surface area (Å²) in [7, 11) is 4.46. The Morgan fingerprint density at radius 1 is 1.10 bits per heavy atom. The van der Waals surface area contributed by atoms with Crippen LogP contribution in [0.3, 0.4) is 0 Å². The molecule has 57 valence electrons. The first-order valence-corrected chi connectivity index (χ1v) is 3.28. The molecule has 0 aromatic carbocycles. The van der Waals surface area contributed by atoms with Gasteiger partial charge >= 0.3 is 0 Å². The zero-order valence-electron chi connectivity index (χ0n) is 8.10. The summed E-state index contributed by atoms with van der Waals surface area (Å²) in [6, 6.07) is 0. The fourth-order valence-corrected chi connectivity index (χ4v) is 0.0962. The molecule has 0 aliphatic heterocycles. The first-order chi connectivity index (χ1) is 4.22. The molecule has 0 aromatic heterocycles. The van der Waals surface area contributed by atoms with Crippen LogP contribution < -0.4 is 0 Å². The van der Waals surface area contributed by atoms with Crippen LogP contribution in [0.1, 0.15) is 6.92 Å². The van der Waals surface area contributed by atoms with Crippen molar-refractivity contribution in [2.24, 2.45) is 0 Å². The number of methoxy groups -OCH3 is 2. The van der Waals surface area contributed by atoms with Crippen molar-refractivity contribution in [3.63, 3.8) is 0 Å². The summed E-state index contributed by atoms with van der Waals surface area (Å²) in [4.78, 5) is 0. The Morgan fingerprint density at radius 3 is 1.30 bits per heavy atom. The molecule has 0 heterocycles. The van der Waals surface area contributed by atoms with Crippen LogP contribution in [0.5, 0.6) is 0 Å². The molecule has 0 unspecified atom stereocenters. The minimum absolute atomic E-state index is 0. The van der Waals surface area contributed by atoms with E-state index in [4.69, 9.17) is 0 Å². The second-order valence-corrected chi connectivity index (χ2v) is 1.75. The van der Waals surface area contributed by atoms with Crippen molar-refractivity contribution in [3.8, 4) is 0 Å². The Hall–Kier alpha value is 0.582. The molecule has 0 saturated heterocycles. The molecular formula is C6H17BLiO2. The topological polar surface area (TPSA) is 18.5 Å². The summed E-state index contributed by atoms with van der Waals surface area (Å²) in [5.74, 6) is 0. The second kappa shape index (κ2) is 16.3. The van der Waals surface area contributed by atoms with E-state index in [1.807, 2.05) is 6.92 Å². The van der Waals surface area contributed by atoms with E-state index in [2.05, 4.69) is 23.1 Å². The van der Waals surface area contributed by atoms with Crippen LogP contribution in [0.2, 0.25) is 13.6 Å². The van der Waals surface area contributed by atoms with Crippen molar-refractivity contribution in [1.82, 2.24) is 0 Å². The number of rotatable bonds is 2. The van der Waals surface area contributed by atoms with Gasteiger partial charge in [0.2, 0.25) is 0 Å². The zero-order chi connectivity index (χ0) is 7.70. The molecule has 2 nitrogen and oxygen atoms in total. The third-order valence-electron chi connectivity index (χ3n) is 0.664. The van der Waals surface area contributed by atoms with Crippen LogP contribution in [-0.4, -0.2) is 46.6 Å². The third kappa shape index (κ3) is 23.5. The van der Waals surface area contributed by atoms with Crippen LogP contribution in [0.15, 0.2) is 0 Å². The molecule has 0 saturated carbocycles. The van der Waals surface area contributed by atoms with Crippen LogP contribution >= 0.6 is 0 Å². The van der Waals surface area contributed by atoms with Gasteiger partial charge in [0.05, 0.1) is 0 Å². The zero-order valence-corrected chi connectivity index (χ0v) is 8.10. The summed E-state index contributed by atoms with van der Waals surface area (Å²) in [5, 5.41) is 0. The molecule has 0 fully saturated rings. The van der Waals surface area contributed by atoms with Gasteiger partial charge in [-0.15, -0.1) is 0 Å². The molecular weight excluding hydrogens is 122 g/mol. The molecule has 1 radical (unpaired) electrons. The van der Waals surface area contributed by atoms with Crippen molar-refractivity contribution in [1.29, 1.82) is 0 Å². The average Bonchev–Trinajstić information content (AvgIpc) is 1.88.